The van der Waals surface area contributed by atoms with Gasteiger partial charge in [-0.15, -0.1) is 0 Å². The number of Topliss-reactive ketones (excluding diaryl/α,β-unsaturated/α-hetero) is 1. The molecule has 1 aromatic rings. The van der Waals surface area contributed by atoms with Crippen molar-refractivity contribution in [1.29, 1.82) is 0 Å². The van der Waals surface area contributed by atoms with Crippen LogP contribution >= 0.6 is 0 Å². The summed E-state index contributed by atoms with van der Waals surface area (Å²) in [5, 5.41) is 19.8. The van der Waals surface area contributed by atoms with Gasteiger partial charge in [-0.1, -0.05) is 31.1 Å². The molecule has 0 amide bonds. The average molecular weight is 346 g/mol. The van der Waals surface area contributed by atoms with Gasteiger partial charge in [-0.05, 0) is 46.1 Å². The number of hydrogen-bond acceptors (Lipinski definition) is 4. The van der Waals surface area contributed by atoms with Crippen LogP contribution < -0.4 is 4.74 Å². The molecule has 0 spiro atoms. The van der Waals surface area contributed by atoms with Crippen molar-refractivity contribution >= 4 is 5.78 Å². The Kier molecular flexibility index (Phi) is 8.26. The smallest absolute Gasteiger partial charge is 0.173 e. The van der Waals surface area contributed by atoms with Crippen molar-refractivity contribution < 1.29 is 19.7 Å². The fraction of sp³-hybridized carbons (Fsp3) is 0.476. The monoisotopic (exact) mass is 346 g/mol. The van der Waals surface area contributed by atoms with E-state index in [-0.39, 0.29) is 41.1 Å². The predicted octanol–water partition coefficient (Wildman–Crippen LogP) is 5.40. The molecule has 0 aliphatic carbocycles. The first-order chi connectivity index (χ1) is 11.8. The van der Waals surface area contributed by atoms with Gasteiger partial charge >= 0.3 is 0 Å². The first kappa shape index (κ1) is 20.8. The maximum Gasteiger partial charge on any atom is 0.173 e. The lowest BCUT2D eigenvalue weighted by molar-refractivity contribution is 0.0920. The second kappa shape index (κ2) is 9.92. The summed E-state index contributed by atoms with van der Waals surface area (Å²) >= 11 is 0. The molecular weight excluding hydrogens is 316 g/mol. The Balaban J connectivity index is 2.87. The molecule has 0 aliphatic rings. The zero-order valence-corrected chi connectivity index (χ0v) is 15.9. The van der Waals surface area contributed by atoms with Crippen molar-refractivity contribution in [1.82, 2.24) is 0 Å². The van der Waals surface area contributed by atoms with Gasteiger partial charge in [-0.2, -0.15) is 0 Å². The lowest BCUT2D eigenvalue weighted by Gasteiger charge is -2.15. The molecule has 0 heterocycles. The number of phenolic OH excluding ortho intramolecular Hbond substituents is 2. The van der Waals surface area contributed by atoms with Gasteiger partial charge in [0, 0.05) is 18.1 Å². The molecule has 0 aromatic heterocycles. The van der Waals surface area contributed by atoms with E-state index < -0.39 is 0 Å². The number of benzene rings is 1. The molecule has 0 saturated heterocycles. The van der Waals surface area contributed by atoms with Crippen LogP contribution in [0, 0.1) is 5.92 Å². The Labute approximate surface area is 150 Å². The molecule has 1 aromatic carbocycles. The van der Waals surface area contributed by atoms with Gasteiger partial charge in [0.1, 0.15) is 29.4 Å². The van der Waals surface area contributed by atoms with E-state index in [4.69, 9.17) is 4.74 Å². The highest BCUT2D eigenvalue weighted by atomic mass is 16.5. The van der Waals surface area contributed by atoms with Crippen LogP contribution in [0.15, 0.2) is 35.4 Å². The molecule has 2 N–H and O–H groups in total. The molecule has 138 valence electrons. The number of ether oxygens (including phenoxy) is 1. The van der Waals surface area contributed by atoms with E-state index in [1.807, 2.05) is 26.8 Å². The zero-order valence-electron chi connectivity index (χ0n) is 15.9. The topological polar surface area (TPSA) is 66.8 Å². The minimum absolute atomic E-state index is 0.127. The third-order valence-electron chi connectivity index (χ3n) is 4.13. The maximum absolute atomic E-state index is 12.5. The van der Waals surface area contributed by atoms with E-state index in [0.717, 1.165) is 12.8 Å². The number of carbonyl (C=O) groups is 1. The summed E-state index contributed by atoms with van der Waals surface area (Å²) in [5.41, 5.74) is 2.63. The summed E-state index contributed by atoms with van der Waals surface area (Å²) in [7, 11) is 0. The number of rotatable bonds is 9. The number of phenols is 2. The average Bonchev–Trinajstić information content (AvgIpc) is 2.52. The van der Waals surface area contributed by atoms with Gasteiger partial charge in [0.15, 0.2) is 5.78 Å². The van der Waals surface area contributed by atoms with E-state index in [1.165, 1.54) is 23.3 Å². The van der Waals surface area contributed by atoms with Gasteiger partial charge < -0.3 is 14.9 Å². The molecule has 4 nitrogen and oxygen atoms in total. The minimum Gasteiger partial charge on any atom is -0.508 e. The summed E-state index contributed by atoms with van der Waals surface area (Å²) in [6.07, 6.45) is 6.74. The molecule has 0 radical (unpaired) electrons. The van der Waals surface area contributed by atoms with Gasteiger partial charge in [-0.3, -0.25) is 4.79 Å². The van der Waals surface area contributed by atoms with E-state index >= 15 is 0 Å². The molecular formula is C21H30O4. The summed E-state index contributed by atoms with van der Waals surface area (Å²) in [6.45, 7) is 10.2. The first-order valence-corrected chi connectivity index (χ1v) is 8.78. The van der Waals surface area contributed by atoms with E-state index in [1.54, 1.807) is 0 Å². The van der Waals surface area contributed by atoms with Crippen molar-refractivity contribution in [3.8, 4) is 17.2 Å². The second-order valence-electron chi connectivity index (χ2n) is 6.69. The van der Waals surface area contributed by atoms with Gasteiger partial charge in [0.2, 0.25) is 0 Å². The molecule has 1 rings (SSSR count). The standard InChI is InChI=1S/C21H30O4/c1-6-16(5)21(24)20-18(23)12-17(22)13-19(20)25-11-10-15(4)9-7-8-14(2)3/h8,10,12-13,16,22-23H,6-7,9,11H2,1-5H3/b15-10+/t16-/m1/s1. The molecule has 0 saturated carbocycles. The van der Waals surface area contributed by atoms with Crippen molar-refractivity contribution in [3.63, 3.8) is 0 Å². The highest BCUT2D eigenvalue weighted by molar-refractivity contribution is 6.02. The molecule has 25 heavy (non-hydrogen) atoms. The minimum atomic E-state index is -0.246. The van der Waals surface area contributed by atoms with Crippen LogP contribution in [0.25, 0.3) is 0 Å². The SMILES string of the molecule is CC[C@@H](C)C(=O)c1c(O)cc(O)cc1OC/C=C(\C)CCC=C(C)C. The Morgan fingerprint density at radius 1 is 1.20 bits per heavy atom. The zero-order chi connectivity index (χ0) is 19.0. The Hall–Kier alpha value is -2.23. The van der Waals surface area contributed by atoms with Gasteiger partial charge in [0.05, 0.1) is 0 Å². The van der Waals surface area contributed by atoms with E-state index in [2.05, 4.69) is 19.9 Å². The summed E-state index contributed by atoms with van der Waals surface area (Å²) in [4.78, 5) is 12.5. The number of allylic oxidation sites excluding steroid dienone is 3. The molecule has 0 bridgehead atoms. The molecule has 0 unspecified atom stereocenters. The summed E-state index contributed by atoms with van der Waals surface area (Å²) in [6, 6.07) is 2.55. The Morgan fingerprint density at radius 3 is 2.48 bits per heavy atom. The molecule has 1 atom stereocenters. The van der Waals surface area contributed by atoms with Crippen LogP contribution in [-0.4, -0.2) is 22.6 Å². The third-order valence-corrected chi connectivity index (χ3v) is 4.13. The van der Waals surface area contributed by atoms with Crippen LogP contribution in [0.2, 0.25) is 0 Å². The normalized spacial score (nSPS) is 12.6. The number of ketones is 1. The Morgan fingerprint density at radius 2 is 1.88 bits per heavy atom. The van der Waals surface area contributed by atoms with Crippen molar-refractivity contribution in [2.45, 2.75) is 53.9 Å². The lowest BCUT2D eigenvalue weighted by atomic mass is 9.95. The van der Waals surface area contributed by atoms with Crippen LogP contribution in [-0.2, 0) is 0 Å². The van der Waals surface area contributed by atoms with Gasteiger partial charge in [-0.25, -0.2) is 0 Å². The van der Waals surface area contributed by atoms with Gasteiger partial charge in [0.25, 0.3) is 0 Å². The largest absolute Gasteiger partial charge is 0.508 e. The van der Waals surface area contributed by atoms with Crippen molar-refractivity contribution in [2.24, 2.45) is 5.92 Å². The molecule has 4 heteroatoms. The maximum atomic E-state index is 12.5. The summed E-state index contributed by atoms with van der Waals surface area (Å²) < 4.78 is 5.68. The fourth-order valence-corrected chi connectivity index (χ4v) is 2.34. The first-order valence-electron chi connectivity index (χ1n) is 8.78. The Bertz CT molecular complexity index is 652. The van der Waals surface area contributed by atoms with Crippen LogP contribution in [0.3, 0.4) is 0 Å². The van der Waals surface area contributed by atoms with Crippen LogP contribution in [0.5, 0.6) is 17.2 Å². The fourth-order valence-electron chi connectivity index (χ4n) is 2.34. The van der Waals surface area contributed by atoms with E-state index in [0.29, 0.717) is 6.42 Å². The van der Waals surface area contributed by atoms with Crippen LogP contribution in [0.4, 0.5) is 0 Å². The summed E-state index contributed by atoms with van der Waals surface area (Å²) in [5.74, 6) is -0.559. The van der Waals surface area contributed by atoms with Crippen molar-refractivity contribution in [3.05, 3.63) is 41.0 Å². The predicted molar refractivity (Wildman–Crippen MR) is 101 cm³/mol. The third kappa shape index (κ3) is 6.65. The number of carbonyl (C=O) groups excluding carboxylic acids is 1. The lowest BCUT2D eigenvalue weighted by Crippen LogP contribution is -2.12. The molecule has 0 fully saturated rings. The highest BCUT2D eigenvalue weighted by Gasteiger charge is 2.23. The second-order valence-corrected chi connectivity index (χ2v) is 6.69. The van der Waals surface area contributed by atoms with Crippen LogP contribution in [0.1, 0.15) is 64.2 Å². The van der Waals surface area contributed by atoms with Crippen molar-refractivity contribution in [2.75, 3.05) is 6.61 Å². The number of hydrogen-bond donors (Lipinski definition) is 2. The quantitative estimate of drug-likeness (QED) is 0.464. The highest BCUT2D eigenvalue weighted by Crippen LogP contribution is 2.35. The van der Waals surface area contributed by atoms with E-state index in [9.17, 15) is 15.0 Å². The number of aromatic hydroxyl groups is 2. The molecule has 0 aliphatic heterocycles.